The van der Waals surface area contributed by atoms with E-state index < -0.39 is 0 Å². The molecule has 4 rings (SSSR count). The number of carbonyl (C=O) groups excluding carboxylic acids is 1. The monoisotopic (exact) mass is 427 g/mol. The SMILES string of the molecule is CC1C=CN2N=C(CNc3ncnc(N)c3Br)N(c3ccccc3)C(=O)C12. The molecule has 3 N–H and O–H groups in total. The summed E-state index contributed by atoms with van der Waals surface area (Å²) in [6, 6.07) is 9.19. The van der Waals surface area contributed by atoms with Gasteiger partial charge < -0.3 is 11.1 Å². The van der Waals surface area contributed by atoms with Crippen molar-refractivity contribution in [3.05, 3.63) is 53.4 Å². The first kappa shape index (κ1) is 17.5. The predicted octanol–water partition coefficient (Wildman–Crippen LogP) is 2.43. The van der Waals surface area contributed by atoms with E-state index in [2.05, 4.69) is 36.3 Å². The first-order valence-corrected chi connectivity index (χ1v) is 9.28. The number of nitrogens with two attached hydrogens (primary N) is 1. The van der Waals surface area contributed by atoms with Crippen molar-refractivity contribution < 1.29 is 4.79 Å². The summed E-state index contributed by atoms with van der Waals surface area (Å²) in [4.78, 5) is 23.0. The molecule has 1 aromatic heterocycles. The van der Waals surface area contributed by atoms with E-state index in [-0.39, 0.29) is 17.9 Å². The lowest BCUT2D eigenvalue weighted by Crippen LogP contribution is -2.55. The lowest BCUT2D eigenvalue weighted by Gasteiger charge is -2.36. The minimum absolute atomic E-state index is 0.00762. The highest BCUT2D eigenvalue weighted by molar-refractivity contribution is 9.10. The van der Waals surface area contributed by atoms with Crippen LogP contribution in [0.3, 0.4) is 0 Å². The standard InChI is InChI=1S/C18H18BrN7O/c1-11-7-8-25-15(11)18(27)26(12-5-3-2-4-6-12)13(24-25)9-21-17-14(19)16(20)22-10-23-17/h2-8,10-11,15H,9H2,1H3,(H3,20,21,22,23). The maximum atomic E-state index is 13.2. The number of hydrogen-bond donors (Lipinski definition) is 2. The number of nitrogens with one attached hydrogen (secondary N) is 1. The second-order valence-electron chi connectivity index (χ2n) is 6.33. The first-order chi connectivity index (χ1) is 13.1. The zero-order valence-corrected chi connectivity index (χ0v) is 16.2. The average molecular weight is 428 g/mol. The molecular formula is C18H18BrN7O. The fourth-order valence-electron chi connectivity index (χ4n) is 3.17. The van der Waals surface area contributed by atoms with Gasteiger partial charge >= 0.3 is 0 Å². The Balaban J connectivity index is 1.67. The van der Waals surface area contributed by atoms with Crippen LogP contribution < -0.4 is 16.0 Å². The van der Waals surface area contributed by atoms with Gasteiger partial charge in [0.1, 0.15) is 28.5 Å². The van der Waals surface area contributed by atoms with Gasteiger partial charge in [0.2, 0.25) is 0 Å². The van der Waals surface area contributed by atoms with E-state index in [0.717, 1.165) is 5.69 Å². The van der Waals surface area contributed by atoms with E-state index in [9.17, 15) is 4.79 Å². The molecule has 2 unspecified atom stereocenters. The number of nitrogens with zero attached hydrogens (tertiary/aromatic N) is 5. The van der Waals surface area contributed by atoms with Crippen LogP contribution in [-0.4, -0.2) is 39.3 Å². The predicted molar refractivity (Wildman–Crippen MR) is 108 cm³/mol. The molecule has 2 aliphatic heterocycles. The number of benzene rings is 1. The number of nitrogen functional groups attached to an aromatic ring is 1. The van der Waals surface area contributed by atoms with Crippen LogP contribution in [0.25, 0.3) is 0 Å². The summed E-state index contributed by atoms with van der Waals surface area (Å²) in [5.74, 6) is 1.54. The molecular weight excluding hydrogens is 410 g/mol. The lowest BCUT2D eigenvalue weighted by molar-refractivity contribution is -0.123. The molecule has 2 aromatic rings. The molecule has 0 fully saturated rings. The first-order valence-electron chi connectivity index (χ1n) is 8.49. The van der Waals surface area contributed by atoms with Crippen LogP contribution in [0.2, 0.25) is 0 Å². The van der Waals surface area contributed by atoms with Crippen molar-refractivity contribution in [2.45, 2.75) is 13.0 Å². The molecule has 0 saturated heterocycles. The minimum Gasteiger partial charge on any atom is -0.383 e. The van der Waals surface area contributed by atoms with Crippen LogP contribution in [0.15, 0.2) is 58.5 Å². The Hall–Kier alpha value is -2.94. The number of halogens is 1. The Bertz CT molecular complexity index is 931. The summed E-state index contributed by atoms with van der Waals surface area (Å²) in [5, 5.41) is 9.60. The second kappa shape index (κ2) is 6.99. The third kappa shape index (κ3) is 3.14. The van der Waals surface area contributed by atoms with Crippen molar-refractivity contribution in [2.24, 2.45) is 11.0 Å². The number of aromatic nitrogens is 2. The zero-order chi connectivity index (χ0) is 19.0. The highest BCUT2D eigenvalue weighted by Crippen LogP contribution is 2.30. The molecule has 8 nitrogen and oxygen atoms in total. The molecule has 2 atom stereocenters. The quantitative estimate of drug-likeness (QED) is 0.776. The van der Waals surface area contributed by atoms with Gasteiger partial charge in [-0.05, 0) is 28.1 Å². The van der Waals surface area contributed by atoms with Crippen molar-refractivity contribution in [2.75, 3.05) is 22.5 Å². The van der Waals surface area contributed by atoms with Gasteiger partial charge in [0.05, 0.1) is 12.2 Å². The molecule has 0 bridgehead atoms. The van der Waals surface area contributed by atoms with E-state index in [0.29, 0.717) is 28.5 Å². The molecule has 0 radical (unpaired) electrons. The van der Waals surface area contributed by atoms with Gasteiger partial charge in [0.25, 0.3) is 5.91 Å². The van der Waals surface area contributed by atoms with E-state index in [1.165, 1.54) is 6.33 Å². The van der Waals surface area contributed by atoms with Gasteiger partial charge in [0.15, 0.2) is 5.84 Å². The topological polar surface area (TPSA) is 99.7 Å². The Morgan fingerprint density at radius 2 is 2.04 bits per heavy atom. The number of carbonyl (C=O) groups is 1. The molecule has 0 spiro atoms. The maximum Gasteiger partial charge on any atom is 0.258 e. The number of amidine groups is 1. The van der Waals surface area contributed by atoms with Crippen molar-refractivity contribution in [3.8, 4) is 0 Å². The Kier molecular flexibility index (Phi) is 4.53. The van der Waals surface area contributed by atoms with Crippen molar-refractivity contribution in [1.82, 2.24) is 15.0 Å². The van der Waals surface area contributed by atoms with Gasteiger partial charge in [-0.3, -0.25) is 14.7 Å². The number of rotatable bonds is 4. The van der Waals surface area contributed by atoms with E-state index in [4.69, 9.17) is 5.73 Å². The zero-order valence-electron chi connectivity index (χ0n) is 14.6. The average Bonchev–Trinajstić information content (AvgIpc) is 3.05. The molecule has 2 aliphatic rings. The fourth-order valence-corrected chi connectivity index (χ4v) is 3.52. The van der Waals surface area contributed by atoms with Crippen LogP contribution in [-0.2, 0) is 4.79 Å². The van der Waals surface area contributed by atoms with Crippen molar-refractivity contribution in [3.63, 3.8) is 0 Å². The lowest BCUT2D eigenvalue weighted by atomic mass is 10.0. The molecule has 3 heterocycles. The van der Waals surface area contributed by atoms with Crippen LogP contribution >= 0.6 is 15.9 Å². The Labute approximate surface area is 164 Å². The number of fused-ring (bicyclic) bond motifs is 1. The third-order valence-corrected chi connectivity index (χ3v) is 5.31. The van der Waals surface area contributed by atoms with Gasteiger partial charge in [-0.1, -0.05) is 31.2 Å². The highest BCUT2D eigenvalue weighted by Gasteiger charge is 2.41. The molecule has 9 heteroatoms. The van der Waals surface area contributed by atoms with E-state index in [1.54, 1.807) is 9.91 Å². The summed E-state index contributed by atoms with van der Waals surface area (Å²) < 4.78 is 0.576. The number of amides is 1. The Morgan fingerprint density at radius 3 is 2.81 bits per heavy atom. The number of hydrogen-bond acceptors (Lipinski definition) is 7. The Morgan fingerprint density at radius 1 is 1.26 bits per heavy atom. The fraction of sp³-hybridized carbons (Fsp3) is 0.222. The molecule has 27 heavy (non-hydrogen) atoms. The molecule has 138 valence electrons. The molecule has 1 aromatic carbocycles. The highest BCUT2D eigenvalue weighted by atomic mass is 79.9. The number of hydrazone groups is 1. The van der Waals surface area contributed by atoms with Crippen molar-refractivity contribution >= 4 is 45.0 Å². The third-order valence-electron chi connectivity index (χ3n) is 4.53. The van der Waals surface area contributed by atoms with Gasteiger partial charge in [-0.15, -0.1) is 0 Å². The summed E-state index contributed by atoms with van der Waals surface area (Å²) in [7, 11) is 0. The van der Waals surface area contributed by atoms with Crippen LogP contribution in [0.1, 0.15) is 6.92 Å². The smallest absolute Gasteiger partial charge is 0.258 e. The summed E-state index contributed by atoms with van der Waals surface area (Å²) in [6.07, 6.45) is 5.23. The summed E-state index contributed by atoms with van der Waals surface area (Å²) in [5.41, 5.74) is 6.59. The number of para-hydroxylation sites is 1. The molecule has 0 saturated carbocycles. The van der Waals surface area contributed by atoms with E-state index in [1.807, 2.05) is 49.5 Å². The van der Waals surface area contributed by atoms with Gasteiger partial charge in [-0.2, -0.15) is 5.10 Å². The minimum atomic E-state index is -0.324. The van der Waals surface area contributed by atoms with Crippen LogP contribution in [0.5, 0.6) is 0 Å². The second-order valence-corrected chi connectivity index (χ2v) is 7.12. The maximum absolute atomic E-state index is 13.2. The van der Waals surface area contributed by atoms with Crippen LogP contribution in [0, 0.1) is 5.92 Å². The van der Waals surface area contributed by atoms with Gasteiger partial charge in [0, 0.05) is 12.1 Å². The largest absolute Gasteiger partial charge is 0.383 e. The normalized spacial score (nSPS) is 21.3. The summed E-state index contributed by atoms with van der Waals surface area (Å²) in [6.45, 7) is 2.31. The molecule has 0 aliphatic carbocycles. The van der Waals surface area contributed by atoms with E-state index >= 15 is 0 Å². The van der Waals surface area contributed by atoms with Crippen LogP contribution in [0.4, 0.5) is 17.3 Å². The molecule has 1 amide bonds. The number of anilines is 3. The van der Waals surface area contributed by atoms with Gasteiger partial charge in [-0.25, -0.2) is 9.97 Å². The van der Waals surface area contributed by atoms with Crippen molar-refractivity contribution in [1.29, 1.82) is 0 Å². The summed E-state index contributed by atoms with van der Waals surface area (Å²) >= 11 is 3.38.